The Morgan fingerprint density at radius 1 is 0.475 bits per heavy atom. The maximum absolute atomic E-state index is 13.2. The Bertz CT molecular complexity index is 1430. The van der Waals surface area contributed by atoms with E-state index in [1.807, 2.05) is 36.4 Å². The van der Waals surface area contributed by atoms with Crippen LogP contribution >= 0.6 is 0 Å². The van der Waals surface area contributed by atoms with Crippen molar-refractivity contribution in [3.05, 3.63) is 89.5 Å². The summed E-state index contributed by atoms with van der Waals surface area (Å²) >= 11 is 0. The molecule has 330 valence electrons. The molecule has 3 nitrogen and oxygen atoms in total. The molecule has 0 aliphatic rings. The number of ether oxygens (including phenoxy) is 2. The molecule has 59 heavy (non-hydrogen) atoms. The third kappa shape index (κ3) is 22.5. The molecule has 0 spiro atoms. The summed E-state index contributed by atoms with van der Waals surface area (Å²) in [6.45, 7) is 9.78. The predicted molar refractivity (Wildman–Crippen MR) is 256 cm³/mol. The van der Waals surface area contributed by atoms with Gasteiger partial charge in [0.15, 0.2) is 0 Å². The van der Waals surface area contributed by atoms with Gasteiger partial charge in [0.25, 0.3) is 0 Å². The lowest BCUT2D eigenvalue weighted by Crippen LogP contribution is -2.08. The topological polar surface area (TPSA) is 35.5 Å². The molecule has 0 saturated heterocycles. The van der Waals surface area contributed by atoms with Gasteiger partial charge in [0.2, 0.25) is 0 Å². The maximum Gasteiger partial charge on any atom is 0.343 e. The van der Waals surface area contributed by atoms with Crippen LogP contribution in [0.25, 0.3) is 11.1 Å². The maximum atomic E-state index is 13.2. The van der Waals surface area contributed by atoms with Gasteiger partial charge >= 0.3 is 5.97 Å². The van der Waals surface area contributed by atoms with E-state index in [9.17, 15) is 4.79 Å². The minimum Gasteiger partial charge on any atom is -0.423 e. The molecular weight excluding hydrogens is 721 g/mol. The first-order chi connectivity index (χ1) is 29.1. The number of hydrogen-bond acceptors (Lipinski definition) is 3. The van der Waals surface area contributed by atoms with Crippen molar-refractivity contribution in [1.82, 2.24) is 0 Å². The lowest BCUT2D eigenvalue weighted by molar-refractivity contribution is 0.0627. The first-order valence-corrected chi connectivity index (χ1v) is 25.2. The number of rotatable bonds is 37. The Balaban J connectivity index is 1.30. The van der Waals surface area contributed by atoms with Crippen molar-refractivity contribution in [2.45, 2.75) is 232 Å². The van der Waals surface area contributed by atoms with Gasteiger partial charge in [-0.3, -0.25) is 0 Å². The highest BCUT2D eigenvalue weighted by molar-refractivity contribution is 5.91. The van der Waals surface area contributed by atoms with E-state index in [4.69, 9.17) is 9.47 Å². The standard InChI is InChI=1S/C56H88O3/c1-5-8-10-12-14-16-17-18-19-20-21-22-23-24-26-28-30-34-47-58-48(4)49-43-45-53(46-44-49)59-56(57)52-41-39-51(40-42-52)55-38-33-32-37-54(55)50(35-7-3)36-31-29-27-25-15-13-11-9-6-2/h32-33,37-46,48,50H,5-31,34-36,47H2,1-4H3. The first-order valence-electron chi connectivity index (χ1n) is 25.2. The van der Waals surface area contributed by atoms with Gasteiger partial charge in [-0.15, -0.1) is 0 Å². The zero-order valence-corrected chi connectivity index (χ0v) is 38.7. The normalized spacial score (nSPS) is 12.5. The highest BCUT2D eigenvalue weighted by Crippen LogP contribution is 2.35. The number of unbranched alkanes of at least 4 members (excludes halogenated alkanes) is 25. The van der Waals surface area contributed by atoms with Crippen molar-refractivity contribution in [3.8, 4) is 16.9 Å². The molecule has 0 fully saturated rings. The summed E-state index contributed by atoms with van der Waals surface area (Å²) < 4.78 is 12.0. The molecule has 0 radical (unpaired) electrons. The fourth-order valence-corrected chi connectivity index (χ4v) is 8.74. The van der Waals surface area contributed by atoms with Crippen molar-refractivity contribution in [1.29, 1.82) is 0 Å². The van der Waals surface area contributed by atoms with Gasteiger partial charge in [-0.1, -0.05) is 243 Å². The van der Waals surface area contributed by atoms with Crippen LogP contribution in [0, 0.1) is 0 Å². The molecule has 3 rings (SSSR count). The molecule has 0 aliphatic heterocycles. The van der Waals surface area contributed by atoms with Gasteiger partial charge in [-0.05, 0) is 78.6 Å². The zero-order valence-electron chi connectivity index (χ0n) is 38.7. The molecular formula is C56H88O3. The number of benzene rings is 3. The van der Waals surface area contributed by atoms with Crippen LogP contribution in [0.1, 0.15) is 254 Å². The van der Waals surface area contributed by atoms with E-state index in [0.29, 0.717) is 17.2 Å². The van der Waals surface area contributed by atoms with E-state index in [1.165, 1.54) is 197 Å². The van der Waals surface area contributed by atoms with Crippen LogP contribution in [0.15, 0.2) is 72.8 Å². The molecule has 0 saturated carbocycles. The fraction of sp³-hybridized carbons (Fsp3) is 0.661. The van der Waals surface area contributed by atoms with Crippen LogP contribution in [0.3, 0.4) is 0 Å². The molecule has 3 heteroatoms. The molecule has 0 N–H and O–H groups in total. The summed E-state index contributed by atoms with van der Waals surface area (Å²) in [4.78, 5) is 13.2. The lowest BCUT2D eigenvalue weighted by Gasteiger charge is -2.21. The van der Waals surface area contributed by atoms with Gasteiger partial charge in [0.05, 0.1) is 11.7 Å². The molecule has 0 amide bonds. The summed E-state index contributed by atoms with van der Waals surface area (Å²) in [5.74, 6) is 0.794. The fourth-order valence-electron chi connectivity index (χ4n) is 8.74. The van der Waals surface area contributed by atoms with Crippen LogP contribution in [0.5, 0.6) is 5.75 Å². The molecule has 2 unspecified atom stereocenters. The number of carbonyl (C=O) groups excluding carboxylic acids is 1. The molecule has 3 aromatic rings. The third-order valence-electron chi connectivity index (χ3n) is 12.6. The summed E-state index contributed by atoms with van der Waals surface area (Å²) in [6, 6.07) is 24.7. The largest absolute Gasteiger partial charge is 0.423 e. The van der Waals surface area contributed by atoms with Gasteiger partial charge < -0.3 is 9.47 Å². The third-order valence-corrected chi connectivity index (χ3v) is 12.6. The van der Waals surface area contributed by atoms with Gasteiger partial charge in [-0.25, -0.2) is 4.79 Å². The average Bonchev–Trinajstić information content (AvgIpc) is 3.26. The van der Waals surface area contributed by atoms with Gasteiger partial charge in [-0.2, -0.15) is 0 Å². The second-order valence-electron chi connectivity index (χ2n) is 17.7. The Kier molecular flexibility index (Phi) is 28.9. The number of carbonyl (C=O) groups is 1. The summed E-state index contributed by atoms with van der Waals surface area (Å²) in [7, 11) is 0. The molecule has 0 aromatic heterocycles. The Morgan fingerprint density at radius 3 is 1.42 bits per heavy atom. The quantitative estimate of drug-likeness (QED) is 0.0331. The number of esters is 1. The van der Waals surface area contributed by atoms with E-state index in [-0.39, 0.29) is 12.1 Å². The highest BCUT2D eigenvalue weighted by Gasteiger charge is 2.17. The van der Waals surface area contributed by atoms with Crippen molar-refractivity contribution < 1.29 is 14.3 Å². The number of hydrogen-bond donors (Lipinski definition) is 0. The lowest BCUT2D eigenvalue weighted by atomic mass is 9.84. The zero-order chi connectivity index (χ0) is 42.0. The Morgan fingerprint density at radius 2 is 0.932 bits per heavy atom. The monoisotopic (exact) mass is 809 g/mol. The molecule has 2 atom stereocenters. The van der Waals surface area contributed by atoms with Gasteiger partial charge in [0, 0.05) is 6.61 Å². The molecule has 3 aromatic carbocycles. The van der Waals surface area contributed by atoms with Crippen LogP contribution in [0.4, 0.5) is 0 Å². The van der Waals surface area contributed by atoms with Crippen LogP contribution in [0.2, 0.25) is 0 Å². The van der Waals surface area contributed by atoms with Crippen LogP contribution < -0.4 is 4.74 Å². The van der Waals surface area contributed by atoms with Crippen molar-refractivity contribution in [2.24, 2.45) is 0 Å². The second-order valence-corrected chi connectivity index (χ2v) is 17.7. The van der Waals surface area contributed by atoms with Gasteiger partial charge in [0.1, 0.15) is 5.75 Å². The summed E-state index contributed by atoms with van der Waals surface area (Å²) in [5, 5.41) is 0. The van der Waals surface area contributed by atoms with E-state index in [1.54, 1.807) is 0 Å². The SMILES string of the molecule is CCCCCCCCCCCCCCCCCCCCOC(C)c1ccc(OC(=O)c2ccc(-c3ccccc3C(CCC)CCCCCCCCCCC)cc2)cc1. The molecule has 0 bridgehead atoms. The van der Waals surface area contributed by atoms with Crippen LogP contribution in [-0.4, -0.2) is 12.6 Å². The molecule has 0 heterocycles. The van der Waals surface area contributed by atoms with E-state index >= 15 is 0 Å². The van der Waals surface area contributed by atoms with Crippen molar-refractivity contribution in [2.75, 3.05) is 6.61 Å². The van der Waals surface area contributed by atoms with E-state index < -0.39 is 0 Å². The van der Waals surface area contributed by atoms with E-state index in [2.05, 4.69) is 64.1 Å². The van der Waals surface area contributed by atoms with E-state index in [0.717, 1.165) is 24.2 Å². The minimum absolute atomic E-state index is 0.0167. The second kappa shape index (κ2) is 33.8. The van der Waals surface area contributed by atoms with Crippen molar-refractivity contribution >= 4 is 5.97 Å². The Labute approximate surface area is 364 Å². The minimum atomic E-state index is -0.329. The smallest absolute Gasteiger partial charge is 0.343 e. The predicted octanol–water partition coefficient (Wildman–Crippen LogP) is 18.5. The summed E-state index contributed by atoms with van der Waals surface area (Å²) in [6.07, 6.45) is 40.9. The first kappa shape index (κ1) is 50.4. The van der Waals surface area contributed by atoms with Crippen molar-refractivity contribution in [3.63, 3.8) is 0 Å². The Hall–Kier alpha value is -2.91. The average molecular weight is 809 g/mol. The molecule has 0 aliphatic carbocycles. The summed E-state index contributed by atoms with van der Waals surface area (Å²) in [5.41, 5.74) is 5.56. The van der Waals surface area contributed by atoms with Crippen LogP contribution in [-0.2, 0) is 4.74 Å². The highest BCUT2D eigenvalue weighted by atomic mass is 16.5.